The number of alkyl halides is 3. The van der Waals surface area contributed by atoms with E-state index >= 15 is 0 Å². The zero-order valence-corrected chi connectivity index (χ0v) is 13.0. The third-order valence-corrected chi connectivity index (χ3v) is 5.03. The average Bonchev–Trinajstić information content (AvgIpc) is 2.55. The first-order valence-corrected chi connectivity index (χ1v) is 8.24. The summed E-state index contributed by atoms with van der Waals surface area (Å²) in [6.45, 7) is 2.71. The van der Waals surface area contributed by atoms with E-state index in [1.54, 1.807) is 4.90 Å². The number of urea groups is 1. The molecule has 4 rings (SSSR count). The molecule has 0 aromatic heterocycles. The largest absolute Gasteiger partial charge is 0.405 e. The molecule has 3 unspecified atom stereocenters. The van der Waals surface area contributed by atoms with E-state index in [1.165, 1.54) is 4.90 Å². The number of rotatable bonds is 3. The SMILES string of the molecule is O=C(NCC(N1CCNCC1)C(F)(F)F)N1CC2CCC1CN2. The van der Waals surface area contributed by atoms with Crippen molar-refractivity contribution in [1.29, 1.82) is 0 Å². The van der Waals surface area contributed by atoms with Crippen LogP contribution in [0.1, 0.15) is 12.8 Å². The topological polar surface area (TPSA) is 59.6 Å². The molecule has 3 N–H and O–H groups in total. The Labute approximate surface area is 133 Å². The van der Waals surface area contributed by atoms with Crippen molar-refractivity contribution in [2.75, 3.05) is 45.8 Å². The van der Waals surface area contributed by atoms with Crippen LogP contribution >= 0.6 is 0 Å². The van der Waals surface area contributed by atoms with Gasteiger partial charge in [-0.15, -0.1) is 0 Å². The van der Waals surface area contributed by atoms with Crippen LogP contribution in [0.5, 0.6) is 0 Å². The fourth-order valence-corrected chi connectivity index (χ4v) is 3.69. The monoisotopic (exact) mass is 335 g/mol. The van der Waals surface area contributed by atoms with Gasteiger partial charge in [0, 0.05) is 57.9 Å². The lowest BCUT2D eigenvalue weighted by Crippen LogP contribution is -2.65. The fraction of sp³-hybridized carbons (Fsp3) is 0.929. The van der Waals surface area contributed by atoms with E-state index in [0.29, 0.717) is 32.7 Å². The van der Waals surface area contributed by atoms with Crippen LogP contribution in [0.4, 0.5) is 18.0 Å². The second-order valence-electron chi connectivity index (χ2n) is 6.52. The van der Waals surface area contributed by atoms with Crippen molar-refractivity contribution < 1.29 is 18.0 Å². The van der Waals surface area contributed by atoms with Gasteiger partial charge in [-0.05, 0) is 12.8 Å². The van der Waals surface area contributed by atoms with Crippen LogP contribution in [-0.4, -0.2) is 85.9 Å². The number of nitrogens with one attached hydrogen (secondary N) is 3. The van der Waals surface area contributed by atoms with Gasteiger partial charge in [0.05, 0.1) is 0 Å². The molecule has 4 fully saturated rings. The first-order chi connectivity index (χ1) is 10.9. The quantitative estimate of drug-likeness (QED) is 0.678. The maximum Gasteiger partial charge on any atom is 0.405 e. The number of carbonyl (C=O) groups excluding carboxylic acids is 1. The van der Waals surface area contributed by atoms with Crippen molar-refractivity contribution in [2.45, 2.75) is 37.1 Å². The van der Waals surface area contributed by atoms with Crippen LogP contribution in [0.15, 0.2) is 0 Å². The van der Waals surface area contributed by atoms with Gasteiger partial charge in [0.25, 0.3) is 0 Å². The zero-order chi connectivity index (χ0) is 16.4. The first kappa shape index (κ1) is 16.8. The molecular formula is C14H24F3N5O. The van der Waals surface area contributed by atoms with Crippen LogP contribution < -0.4 is 16.0 Å². The molecular weight excluding hydrogens is 311 g/mol. The molecule has 0 saturated carbocycles. The predicted molar refractivity (Wildman–Crippen MR) is 79.2 cm³/mol. The lowest BCUT2D eigenvalue weighted by Gasteiger charge is -2.46. The minimum Gasteiger partial charge on any atom is -0.336 e. The number of hydrogen-bond donors (Lipinski definition) is 3. The first-order valence-electron chi connectivity index (χ1n) is 8.24. The lowest BCUT2D eigenvalue weighted by atomic mass is 9.93. The normalized spacial score (nSPS) is 30.3. The van der Waals surface area contributed by atoms with Crippen LogP contribution in [0, 0.1) is 0 Å². The van der Waals surface area contributed by atoms with Gasteiger partial charge < -0.3 is 20.9 Å². The van der Waals surface area contributed by atoms with E-state index in [1.807, 2.05) is 0 Å². The Morgan fingerprint density at radius 1 is 1.26 bits per heavy atom. The van der Waals surface area contributed by atoms with E-state index in [4.69, 9.17) is 0 Å². The summed E-state index contributed by atoms with van der Waals surface area (Å²) in [5.41, 5.74) is 0. The van der Waals surface area contributed by atoms with Crippen LogP contribution in [0.2, 0.25) is 0 Å². The molecule has 6 nitrogen and oxygen atoms in total. The Balaban J connectivity index is 1.56. The van der Waals surface area contributed by atoms with Gasteiger partial charge in [0.2, 0.25) is 0 Å². The highest BCUT2D eigenvalue weighted by atomic mass is 19.4. The summed E-state index contributed by atoms with van der Waals surface area (Å²) in [7, 11) is 0. The summed E-state index contributed by atoms with van der Waals surface area (Å²) in [6.07, 6.45) is -2.39. The van der Waals surface area contributed by atoms with E-state index in [9.17, 15) is 18.0 Å². The molecule has 4 heterocycles. The number of fused-ring (bicyclic) bond motifs is 3. The number of nitrogens with zero attached hydrogens (tertiary/aromatic N) is 2. The van der Waals surface area contributed by atoms with Crippen molar-refractivity contribution in [3.63, 3.8) is 0 Å². The Bertz CT molecular complexity index is 419. The molecule has 3 atom stereocenters. The molecule has 132 valence electrons. The highest BCUT2D eigenvalue weighted by molar-refractivity contribution is 5.75. The molecule has 23 heavy (non-hydrogen) atoms. The molecule has 2 bridgehead atoms. The van der Waals surface area contributed by atoms with Gasteiger partial charge >= 0.3 is 12.2 Å². The molecule has 0 aliphatic carbocycles. The number of amides is 2. The van der Waals surface area contributed by atoms with Crippen molar-refractivity contribution >= 4 is 6.03 Å². The minimum absolute atomic E-state index is 0.100. The maximum atomic E-state index is 13.3. The van der Waals surface area contributed by atoms with Crippen molar-refractivity contribution in [3.8, 4) is 0 Å². The Kier molecular flexibility index (Phi) is 4.98. The summed E-state index contributed by atoms with van der Waals surface area (Å²) < 4.78 is 39.9. The van der Waals surface area contributed by atoms with Gasteiger partial charge in [0.15, 0.2) is 0 Å². The van der Waals surface area contributed by atoms with Crippen molar-refractivity contribution in [3.05, 3.63) is 0 Å². The Hall–Kier alpha value is -1.06. The van der Waals surface area contributed by atoms with E-state index < -0.39 is 12.2 Å². The van der Waals surface area contributed by atoms with Gasteiger partial charge in [-0.3, -0.25) is 4.90 Å². The number of piperidine rings is 2. The second-order valence-corrected chi connectivity index (χ2v) is 6.52. The van der Waals surface area contributed by atoms with Crippen molar-refractivity contribution in [1.82, 2.24) is 25.8 Å². The molecule has 4 saturated heterocycles. The van der Waals surface area contributed by atoms with E-state index in [-0.39, 0.29) is 24.7 Å². The molecule has 2 amide bonds. The van der Waals surface area contributed by atoms with Crippen LogP contribution in [0.3, 0.4) is 0 Å². The highest BCUT2D eigenvalue weighted by Gasteiger charge is 2.44. The zero-order valence-electron chi connectivity index (χ0n) is 13.0. The smallest absolute Gasteiger partial charge is 0.336 e. The maximum absolute atomic E-state index is 13.3. The Morgan fingerprint density at radius 2 is 2.00 bits per heavy atom. The molecule has 4 aliphatic rings. The average molecular weight is 335 g/mol. The molecule has 0 aromatic carbocycles. The van der Waals surface area contributed by atoms with Gasteiger partial charge in [0.1, 0.15) is 6.04 Å². The predicted octanol–water partition coefficient (Wildman–Crippen LogP) is -0.0317. The third-order valence-electron chi connectivity index (χ3n) is 5.03. The number of piperazine rings is 2. The minimum atomic E-state index is -4.34. The molecule has 0 spiro atoms. The summed E-state index contributed by atoms with van der Waals surface area (Å²) in [5, 5.41) is 8.89. The van der Waals surface area contributed by atoms with Gasteiger partial charge in [-0.25, -0.2) is 4.79 Å². The van der Waals surface area contributed by atoms with E-state index in [0.717, 1.165) is 19.4 Å². The third kappa shape index (κ3) is 3.89. The summed E-state index contributed by atoms with van der Waals surface area (Å²) in [5.74, 6) is 0. The molecule has 0 radical (unpaired) electrons. The molecule has 4 aliphatic heterocycles. The van der Waals surface area contributed by atoms with Gasteiger partial charge in [-0.1, -0.05) is 0 Å². The number of hydrogen-bond acceptors (Lipinski definition) is 4. The van der Waals surface area contributed by atoms with Crippen LogP contribution in [0.25, 0.3) is 0 Å². The number of carbonyl (C=O) groups is 1. The summed E-state index contributed by atoms with van der Waals surface area (Å²) >= 11 is 0. The highest BCUT2D eigenvalue weighted by Crippen LogP contribution is 2.25. The summed E-state index contributed by atoms with van der Waals surface area (Å²) in [4.78, 5) is 15.4. The second kappa shape index (κ2) is 6.82. The standard InChI is InChI=1S/C14H24F3N5O/c15-14(16,17)12(21-5-3-18-4-6-21)8-20-13(23)22-9-10-1-2-11(22)7-19-10/h10-12,18-19H,1-9H2,(H,20,23). The lowest BCUT2D eigenvalue weighted by molar-refractivity contribution is -0.183. The van der Waals surface area contributed by atoms with Gasteiger partial charge in [-0.2, -0.15) is 13.2 Å². The summed E-state index contributed by atoms with van der Waals surface area (Å²) in [6, 6.07) is -1.61. The molecule has 0 aromatic rings. The number of halogens is 3. The Morgan fingerprint density at radius 3 is 2.52 bits per heavy atom. The van der Waals surface area contributed by atoms with Crippen LogP contribution in [-0.2, 0) is 0 Å². The fourth-order valence-electron chi connectivity index (χ4n) is 3.69. The molecule has 9 heteroatoms. The van der Waals surface area contributed by atoms with Crippen molar-refractivity contribution in [2.24, 2.45) is 0 Å². The van der Waals surface area contributed by atoms with E-state index in [2.05, 4.69) is 16.0 Å².